The molecule has 268 valence electrons. The zero-order chi connectivity index (χ0) is 32.6. The van der Waals surface area contributed by atoms with Crippen LogP contribution in [0.5, 0.6) is 0 Å². The summed E-state index contributed by atoms with van der Waals surface area (Å²) >= 11 is 0. The van der Waals surface area contributed by atoms with Gasteiger partial charge < -0.3 is 9.79 Å². The molecule has 0 bridgehead atoms. The van der Waals surface area contributed by atoms with Gasteiger partial charge in [-0.25, -0.2) is 0 Å². The molecule has 0 aromatic rings. The summed E-state index contributed by atoms with van der Waals surface area (Å²) in [6.07, 6.45) is 42.5. The number of rotatable bonds is 36. The van der Waals surface area contributed by atoms with E-state index in [0.29, 0.717) is 13.2 Å². The predicted octanol–water partition coefficient (Wildman–Crippen LogP) is 12.6. The second kappa shape index (κ2) is 46.7. The summed E-state index contributed by atoms with van der Waals surface area (Å²) in [6.45, 7) is 5.26. The Bertz CT molecular complexity index is 524. The summed E-state index contributed by atoms with van der Waals surface area (Å²) in [4.78, 5) is 20.3. The van der Waals surface area contributed by atoms with E-state index in [1.165, 1.54) is 180 Å². The molecule has 0 aliphatic rings. The van der Waals surface area contributed by atoms with Gasteiger partial charge in [0.15, 0.2) is 0 Å². The van der Waals surface area contributed by atoms with Crippen LogP contribution in [-0.2, 0) is 35.5 Å². The minimum Gasteiger partial charge on any atom is -0.566 e. The van der Waals surface area contributed by atoms with E-state index in [0.717, 1.165) is 25.7 Å². The molecule has 0 aromatic heterocycles. The second-order valence-corrected chi connectivity index (χ2v) is 14.1. The van der Waals surface area contributed by atoms with Crippen LogP contribution in [0.15, 0.2) is 0 Å². The Morgan fingerprint density at radius 1 is 0.333 bits per heavy atom. The summed E-state index contributed by atoms with van der Waals surface area (Å²) in [5.41, 5.74) is 0. The van der Waals surface area contributed by atoms with Gasteiger partial charge in [0.25, 0.3) is 0 Å². The molecule has 0 aromatic carbocycles. The Kier molecular flexibility index (Phi) is 51.8. The van der Waals surface area contributed by atoms with Crippen LogP contribution in [0.2, 0.25) is 0 Å². The van der Waals surface area contributed by atoms with Crippen LogP contribution in [0.3, 0.4) is 0 Å². The first-order chi connectivity index (χ1) is 21.5. The Morgan fingerprint density at radius 2 is 0.489 bits per heavy atom. The molecular formula is C36H74CrO6P2+2. The summed E-state index contributed by atoms with van der Waals surface area (Å²) in [5.74, 6) is 0. The molecule has 0 saturated heterocycles. The molecule has 0 aliphatic heterocycles. The van der Waals surface area contributed by atoms with Gasteiger partial charge in [-0.1, -0.05) is 206 Å². The first-order valence-corrected chi connectivity index (χ1v) is 21.3. The van der Waals surface area contributed by atoms with E-state index < -0.39 is 16.5 Å². The van der Waals surface area contributed by atoms with Gasteiger partial charge in [-0.15, -0.1) is 9.05 Å². The van der Waals surface area contributed by atoms with Gasteiger partial charge in [-0.05, 0) is 22.0 Å². The summed E-state index contributed by atoms with van der Waals surface area (Å²) in [5, 5.41) is 0. The third-order valence-corrected chi connectivity index (χ3v) is 9.18. The quantitative estimate of drug-likeness (QED) is 0.0473. The van der Waals surface area contributed by atoms with Crippen molar-refractivity contribution in [2.75, 3.05) is 13.2 Å². The SMILES string of the molecule is CCCCCCCCCCCCCCCCCCO[P+](=O)[O-].CCCCCCCCCCCCCCCCCCO[P+](=O)[O-].[Cr+2]. The second-order valence-electron chi connectivity index (χ2n) is 12.7. The van der Waals surface area contributed by atoms with E-state index in [2.05, 4.69) is 22.9 Å². The largest absolute Gasteiger partial charge is 2.00 e. The zero-order valence-corrected chi connectivity index (χ0v) is 32.9. The first kappa shape index (κ1) is 50.0. The summed E-state index contributed by atoms with van der Waals surface area (Å²) in [7, 11) is -5.29. The number of unbranched alkanes of at least 4 members (excludes halogenated alkanes) is 30. The predicted molar refractivity (Wildman–Crippen MR) is 186 cm³/mol. The molecule has 0 spiro atoms. The van der Waals surface area contributed by atoms with E-state index in [-0.39, 0.29) is 17.4 Å². The van der Waals surface area contributed by atoms with E-state index in [1.54, 1.807) is 0 Å². The van der Waals surface area contributed by atoms with Gasteiger partial charge in [-0.2, -0.15) is 0 Å². The van der Waals surface area contributed by atoms with E-state index in [9.17, 15) is 18.9 Å². The smallest absolute Gasteiger partial charge is 0.566 e. The summed E-state index contributed by atoms with van der Waals surface area (Å²) < 4.78 is 29.4. The number of hydrogen-bond acceptors (Lipinski definition) is 6. The minimum absolute atomic E-state index is 0. The molecule has 6 nitrogen and oxygen atoms in total. The molecule has 0 N–H and O–H groups in total. The Hall–Kier alpha value is 0.572. The fourth-order valence-electron chi connectivity index (χ4n) is 5.58. The molecule has 9 heteroatoms. The Labute approximate surface area is 293 Å². The molecular weight excluding hydrogens is 642 g/mol. The topological polar surface area (TPSA) is 98.7 Å². The van der Waals surface area contributed by atoms with Crippen molar-refractivity contribution in [2.45, 2.75) is 219 Å². The van der Waals surface area contributed by atoms with Gasteiger partial charge in [0.2, 0.25) is 0 Å². The fourth-order valence-corrected chi connectivity index (χ4v) is 6.13. The first-order valence-electron chi connectivity index (χ1n) is 19.1. The van der Waals surface area contributed by atoms with Crippen LogP contribution in [-0.4, -0.2) is 13.2 Å². The molecule has 0 saturated carbocycles. The van der Waals surface area contributed by atoms with Crippen molar-refractivity contribution < 1.29 is 45.3 Å². The Morgan fingerprint density at radius 3 is 0.644 bits per heavy atom. The third kappa shape index (κ3) is 54.3. The third-order valence-electron chi connectivity index (χ3n) is 8.39. The van der Waals surface area contributed by atoms with Gasteiger partial charge >= 0.3 is 33.9 Å². The monoisotopic (exact) mass is 716 g/mol. The molecule has 0 fully saturated rings. The van der Waals surface area contributed by atoms with E-state index in [1.807, 2.05) is 0 Å². The Balaban J connectivity index is -0.000000767. The van der Waals surface area contributed by atoms with Gasteiger partial charge in [0, 0.05) is 0 Å². The van der Waals surface area contributed by atoms with Crippen LogP contribution in [0.25, 0.3) is 0 Å². The van der Waals surface area contributed by atoms with Crippen molar-refractivity contribution in [1.29, 1.82) is 0 Å². The van der Waals surface area contributed by atoms with Gasteiger partial charge in [0.1, 0.15) is 13.2 Å². The molecule has 0 rings (SSSR count). The van der Waals surface area contributed by atoms with Gasteiger partial charge in [-0.3, -0.25) is 0 Å². The van der Waals surface area contributed by atoms with Crippen molar-refractivity contribution in [3.8, 4) is 0 Å². The standard InChI is InChI=1S/2C18H37O3P.Cr/c2*1-2-3-4-5-6-7-8-9-10-11-12-13-14-15-16-17-18-21-22(19)20;/h2*2-18H2,1H3;/q;;+2. The van der Waals surface area contributed by atoms with Crippen molar-refractivity contribution in [3.63, 3.8) is 0 Å². The van der Waals surface area contributed by atoms with E-state index >= 15 is 0 Å². The molecule has 0 heterocycles. The van der Waals surface area contributed by atoms with Crippen LogP contribution in [0, 0.1) is 0 Å². The summed E-state index contributed by atoms with van der Waals surface area (Å²) in [6, 6.07) is 0. The molecule has 2 unspecified atom stereocenters. The average molecular weight is 717 g/mol. The molecule has 2 atom stereocenters. The van der Waals surface area contributed by atoms with Crippen LogP contribution >= 0.6 is 16.5 Å². The van der Waals surface area contributed by atoms with Gasteiger partial charge in [0.05, 0.1) is 0 Å². The number of hydrogen-bond donors (Lipinski definition) is 0. The fraction of sp³-hybridized carbons (Fsp3) is 1.00. The van der Waals surface area contributed by atoms with Crippen molar-refractivity contribution >= 4 is 16.5 Å². The maximum Gasteiger partial charge on any atom is 2.00 e. The zero-order valence-electron chi connectivity index (χ0n) is 29.8. The normalized spacial score (nSPS) is 11.6. The maximum atomic E-state index is 10.2. The van der Waals surface area contributed by atoms with Crippen LogP contribution < -0.4 is 9.79 Å². The molecule has 0 aliphatic carbocycles. The van der Waals surface area contributed by atoms with Crippen LogP contribution in [0.4, 0.5) is 0 Å². The van der Waals surface area contributed by atoms with Crippen molar-refractivity contribution in [2.24, 2.45) is 0 Å². The molecule has 0 amide bonds. The minimum atomic E-state index is -2.64. The van der Waals surface area contributed by atoms with Crippen LogP contribution in [0.1, 0.15) is 219 Å². The molecule has 45 heavy (non-hydrogen) atoms. The van der Waals surface area contributed by atoms with E-state index in [4.69, 9.17) is 0 Å². The maximum absolute atomic E-state index is 10.2. The average Bonchev–Trinajstić information content (AvgIpc) is 3.00. The van der Waals surface area contributed by atoms with Crippen molar-refractivity contribution in [1.82, 2.24) is 0 Å². The van der Waals surface area contributed by atoms with Crippen molar-refractivity contribution in [3.05, 3.63) is 0 Å². The molecule has 0 radical (unpaired) electrons.